The predicted molar refractivity (Wildman–Crippen MR) is 56.7 cm³/mol. The molecule has 0 aliphatic heterocycles. The molecule has 3 N–H and O–H groups in total. The van der Waals surface area contributed by atoms with E-state index in [1.807, 2.05) is 0 Å². The van der Waals surface area contributed by atoms with Crippen LogP contribution in [0.1, 0.15) is 5.56 Å². The Labute approximate surface area is 90.0 Å². The summed E-state index contributed by atoms with van der Waals surface area (Å²) in [4.78, 5) is 10.6. The van der Waals surface area contributed by atoms with Crippen LogP contribution in [-0.2, 0) is 22.3 Å². The minimum absolute atomic E-state index is 0.149. The van der Waals surface area contributed by atoms with Crippen LogP contribution in [0.5, 0.6) is 0 Å². The molecule has 0 saturated heterocycles. The first-order chi connectivity index (χ1) is 7.08. The fourth-order valence-corrected chi connectivity index (χ4v) is 1.42. The average Bonchev–Trinajstić information content (AvgIpc) is 2.14. The largest absolute Gasteiger partial charge is 0.771 e. The SMILES string of the molecule is NC(=O)Cc1cccc(NCS(=O)[O-])c1. The van der Waals surface area contributed by atoms with Crippen LogP contribution in [0, 0.1) is 0 Å². The summed E-state index contributed by atoms with van der Waals surface area (Å²) in [5.41, 5.74) is 6.44. The van der Waals surface area contributed by atoms with Crippen LogP contribution in [0.15, 0.2) is 24.3 Å². The number of benzene rings is 1. The van der Waals surface area contributed by atoms with Crippen LogP contribution >= 0.6 is 0 Å². The Kier molecular flexibility index (Phi) is 4.26. The molecular weight excluding hydrogens is 216 g/mol. The Balaban J connectivity index is 2.65. The number of nitrogens with two attached hydrogens (primary N) is 1. The molecule has 0 aromatic heterocycles. The van der Waals surface area contributed by atoms with E-state index in [1.54, 1.807) is 24.3 Å². The minimum atomic E-state index is -2.14. The number of nitrogens with one attached hydrogen (secondary N) is 1. The quantitative estimate of drug-likeness (QED) is 0.690. The highest BCUT2D eigenvalue weighted by Gasteiger charge is 1.99. The number of anilines is 1. The molecule has 0 radical (unpaired) electrons. The second kappa shape index (κ2) is 5.47. The van der Waals surface area contributed by atoms with Crippen molar-refractivity contribution in [1.29, 1.82) is 0 Å². The maximum atomic E-state index is 10.6. The highest BCUT2D eigenvalue weighted by molar-refractivity contribution is 7.79. The third-order valence-corrected chi connectivity index (χ3v) is 2.08. The standard InChI is InChI=1S/C9H12N2O3S/c10-9(12)5-7-2-1-3-8(4-7)11-6-15(13)14/h1-4,11H,5-6H2,(H2,10,12)(H,13,14)/p-1. The topological polar surface area (TPSA) is 95.2 Å². The van der Waals surface area contributed by atoms with Gasteiger partial charge in [-0.25, -0.2) is 0 Å². The van der Waals surface area contributed by atoms with E-state index in [1.165, 1.54) is 0 Å². The average molecular weight is 227 g/mol. The van der Waals surface area contributed by atoms with Crippen molar-refractivity contribution in [3.05, 3.63) is 29.8 Å². The van der Waals surface area contributed by atoms with Crippen LogP contribution in [-0.4, -0.2) is 20.5 Å². The van der Waals surface area contributed by atoms with E-state index in [-0.39, 0.29) is 12.3 Å². The number of rotatable bonds is 5. The summed E-state index contributed by atoms with van der Waals surface area (Å²) < 4.78 is 20.6. The fourth-order valence-electron chi connectivity index (χ4n) is 1.13. The Morgan fingerprint density at radius 2 is 2.27 bits per heavy atom. The molecule has 0 fully saturated rings. The van der Waals surface area contributed by atoms with E-state index in [0.29, 0.717) is 5.69 Å². The maximum Gasteiger partial charge on any atom is 0.221 e. The van der Waals surface area contributed by atoms with Crippen LogP contribution in [0.4, 0.5) is 5.69 Å². The summed E-state index contributed by atoms with van der Waals surface area (Å²) in [6, 6.07) is 6.90. The Hall–Kier alpha value is -1.40. The molecule has 5 nitrogen and oxygen atoms in total. The van der Waals surface area contributed by atoms with Crippen LogP contribution in [0.2, 0.25) is 0 Å². The summed E-state index contributed by atoms with van der Waals surface area (Å²) in [6.45, 7) is 0. The summed E-state index contributed by atoms with van der Waals surface area (Å²) in [6.07, 6.45) is 0.149. The lowest BCUT2D eigenvalue weighted by Gasteiger charge is -2.09. The molecule has 6 heteroatoms. The molecule has 0 aliphatic carbocycles. The maximum absolute atomic E-state index is 10.6. The van der Waals surface area contributed by atoms with E-state index in [4.69, 9.17) is 5.73 Å². The van der Waals surface area contributed by atoms with Gasteiger partial charge in [-0.1, -0.05) is 12.1 Å². The molecule has 1 atom stereocenters. The zero-order valence-electron chi connectivity index (χ0n) is 7.93. The molecule has 0 aliphatic rings. The zero-order chi connectivity index (χ0) is 11.3. The van der Waals surface area contributed by atoms with Crippen LogP contribution in [0.3, 0.4) is 0 Å². The molecule has 1 aromatic rings. The van der Waals surface area contributed by atoms with Crippen molar-refractivity contribution in [2.75, 3.05) is 11.2 Å². The molecule has 82 valence electrons. The van der Waals surface area contributed by atoms with E-state index in [0.717, 1.165) is 5.56 Å². The molecule has 0 bridgehead atoms. The first kappa shape index (κ1) is 11.7. The lowest BCUT2D eigenvalue weighted by Crippen LogP contribution is -2.14. The second-order valence-electron chi connectivity index (χ2n) is 2.97. The molecule has 0 heterocycles. The first-order valence-electron chi connectivity index (χ1n) is 4.25. The zero-order valence-corrected chi connectivity index (χ0v) is 8.75. The summed E-state index contributed by atoms with van der Waals surface area (Å²) in [5, 5.41) is 2.69. The summed E-state index contributed by atoms with van der Waals surface area (Å²) in [7, 11) is 0. The number of amides is 1. The minimum Gasteiger partial charge on any atom is -0.771 e. The summed E-state index contributed by atoms with van der Waals surface area (Å²) in [5.74, 6) is -0.570. The number of hydrogen-bond acceptors (Lipinski definition) is 4. The lowest BCUT2D eigenvalue weighted by atomic mass is 10.1. The van der Waals surface area contributed by atoms with Gasteiger partial charge in [-0.05, 0) is 28.8 Å². The van der Waals surface area contributed by atoms with Gasteiger partial charge in [-0.2, -0.15) is 0 Å². The Bertz CT molecular complexity index is 381. The van der Waals surface area contributed by atoms with Crippen molar-refractivity contribution in [2.45, 2.75) is 6.42 Å². The normalized spacial score (nSPS) is 12.1. The van der Waals surface area contributed by atoms with Gasteiger partial charge in [-0.15, -0.1) is 0 Å². The van der Waals surface area contributed by atoms with Gasteiger partial charge in [0.2, 0.25) is 5.91 Å². The Morgan fingerprint density at radius 1 is 1.53 bits per heavy atom. The van der Waals surface area contributed by atoms with Crippen molar-refractivity contribution in [3.8, 4) is 0 Å². The van der Waals surface area contributed by atoms with Gasteiger partial charge in [0.15, 0.2) is 0 Å². The van der Waals surface area contributed by atoms with Gasteiger partial charge < -0.3 is 15.6 Å². The molecular formula is C9H11N2O3S-. The number of primary amides is 1. The molecule has 0 saturated carbocycles. The van der Waals surface area contributed by atoms with Crippen molar-refractivity contribution in [3.63, 3.8) is 0 Å². The number of carbonyl (C=O) groups excluding carboxylic acids is 1. The monoisotopic (exact) mass is 227 g/mol. The lowest BCUT2D eigenvalue weighted by molar-refractivity contribution is -0.117. The Morgan fingerprint density at radius 3 is 2.87 bits per heavy atom. The number of hydrogen-bond donors (Lipinski definition) is 2. The predicted octanol–water partition coefficient (Wildman–Crippen LogP) is -0.0371. The van der Waals surface area contributed by atoms with E-state index in [9.17, 15) is 13.6 Å². The third kappa shape index (κ3) is 4.57. The van der Waals surface area contributed by atoms with E-state index < -0.39 is 17.0 Å². The van der Waals surface area contributed by atoms with Gasteiger partial charge >= 0.3 is 0 Å². The van der Waals surface area contributed by atoms with E-state index in [2.05, 4.69) is 5.32 Å². The fraction of sp³-hybridized carbons (Fsp3) is 0.222. The smallest absolute Gasteiger partial charge is 0.221 e. The third-order valence-electron chi connectivity index (χ3n) is 1.70. The van der Waals surface area contributed by atoms with Gasteiger partial charge in [0, 0.05) is 5.69 Å². The van der Waals surface area contributed by atoms with Crippen LogP contribution in [0.25, 0.3) is 0 Å². The highest BCUT2D eigenvalue weighted by Crippen LogP contribution is 2.10. The first-order valence-corrected chi connectivity index (χ1v) is 5.49. The molecule has 1 rings (SSSR count). The van der Waals surface area contributed by atoms with Crippen LogP contribution < -0.4 is 11.1 Å². The van der Waals surface area contributed by atoms with Crippen molar-refractivity contribution < 1.29 is 13.6 Å². The van der Waals surface area contributed by atoms with Gasteiger partial charge in [0.25, 0.3) is 0 Å². The molecule has 15 heavy (non-hydrogen) atoms. The van der Waals surface area contributed by atoms with Gasteiger partial charge in [0.1, 0.15) is 0 Å². The van der Waals surface area contributed by atoms with Crippen molar-refractivity contribution in [1.82, 2.24) is 0 Å². The van der Waals surface area contributed by atoms with Crippen molar-refractivity contribution >= 4 is 22.7 Å². The molecule has 1 amide bonds. The molecule has 0 spiro atoms. The van der Waals surface area contributed by atoms with Gasteiger partial charge in [0.05, 0.1) is 12.3 Å². The second-order valence-corrected chi connectivity index (χ2v) is 3.86. The van der Waals surface area contributed by atoms with E-state index >= 15 is 0 Å². The molecule has 1 aromatic carbocycles. The molecule has 1 unspecified atom stereocenters. The van der Waals surface area contributed by atoms with Gasteiger partial charge in [-0.3, -0.25) is 9.00 Å². The number of carbonyl (C=O) groups is 1. The van der Waals surface area contributed by atoms with Crippen molar-refractivity contribution in [2.24, 2.45) is 5.73 Å². The summed E-state index contributed by atoms with van der Waals surface area (Å²) >= 11 is -2.14. The highest BCUT2D eigenvalue weighted by atomic mass is 32.2.